The quantitative estimate of drug-likeness (QED) is 0.731. The summed E-state index contributed by atoms with van der Waals surface area (Å²) in [6.07, 6.45) is 5.34. The van der Waals surface area contributed by atoms with E-state index in [4.69, 9.17) is 4.98 Å². The van der Waals surface area contributed by atoms with Crippen molar-refractivity contribution >= 4 is 21.6 Å². The van der Waals surface area contributed by atoms with Gasteiger partial charge in [0.15, 0.2) is 0 Å². The van der Waals surface area contributed by atoms with E-state index in [1.54, 1.807) is 11.3 Å². The van der Waals surface area contributed by atoms with Crippen LogP contribution in [0.5, 0.6) is 0 Å². The van der Waals surface area contributed by atoms with Gasteiger partial charge in [-0.2, -0.15) is 0 Å². The molecule has 4 rings (SSSR count). The molecule has 0 saturated carbocycles. The Bertz CT molecular complexity index is 909. The smallest absolute Gasteiger partial charge is 0.262 e. The highest BCUT2D eigenvalue weighted by Crippen LogP contribution is 2.33. The number of aromatic nitrogens is 2. The maximum atomic E-state index is 13.2. The highest BCUT2D eigenvalue weighted by molar-refractivity contribution is 7.18. The van der Waals surface area contributed by atoms with E-state index in [-0.39, 0.29) is 5.56 Å². The lowest BCUT2D eigenvalue weighted by molar-refractivity contribution is 0.680. The normalized spacial score (nSPS) is 14.1. The fraction of sp³-hybridized carbons (Fsp3) is 0.368. The molecule has 0 spiro atoms. The predicted molar refractivity (Wildman–Crippen MR) is 95.4 cm³/mol. The molecule has 2 heterocycles. The van der Waals surface area contributed by atoms with Crippen molar-refractivity contribution in [1.82, 2.24) is 9.55 Å². The Morgan fingerprint density at radius 2 is 1.96 bits per heavy atom. The molecular weight excluding hydrogens is 304 g/mol. The summed E-state index contributed by atoms with van der Waals surface area (Å²) in [6.45, 7) is 2.68. The van der Waals surface area contributed by atoms with E-state index in [0.29, 0.717) is 6.54 Å². The van der Waals surface area contributed by atoms with Gasteiger partial charge in [0.2, 0.25) is 0 Å². The van der Waals surface area contributed by atoms with Crippen LogP contribution < -0.4 is 5.56 Å². The van der Waals surface area contributed by atoms with Crippen LogP contribution in [0.1, 0.15) is 41.6 Å². The Balaban J connectivity index is 1.92. The molecule has 4 heteroatoms. The molecule has 3 nitrogen and oxygen atoms in total. The zero-order valence-electron chi connectivity index (χ0n) is 13.3. The van der Waals surface area contributed by atoms with Gasteiger partial charge in [-0.05, 0) is 36.8 Å². The fourth-order valence-electron chi connectivity index (χ4n) is 3.48. The van der Waals surface area contributed by atoms with Crippen LogP contribution in [-0.4, -0.2) is 9.55 Å². The van der Waals surface area contributed by atoms with Gasteiger partial charge in [-0.1, -0.05) is 37.3 Å². The Morgan fingerprint density at radius 1 is 1.17 bits per heavy atom. The van der Waals surface area contributed by atoms with Gasteiger partial charge < -0.3 is 0 Å². The van der Waals surface area contributed by atoms with E-state index in [2.05, 4.69) is 19.1 Å². The topological polar surface area (TPSA) is 34.9 Å². The molecule has 0 saturated heterocycles. The Kier molecular flexibility index (Phi) is 3.77. The molecule has 0 fully saturated rings. The SMILES string of the molecule is CCc1nc2sc3c(c2c(=O)n1Cc1ccccc1)CCCC3. The second kappa shape index (κ2) is 5.93. The largest absolute Gasteiger partial charge is 0.292 e. The third-order valence-electron chi connectivity index (χ3n) is 4.65. The van der Waals surface area contributed by atoms with Crippen LogP contribution >= 0.6 is 11.3 Å². The maximum absolute atomic E-state index is 13.2. The summed E-state index contributed by atoms with van der Waals surface area (Å²) >= 11 is 1.73. The van der Waals surface area contributed by atoms with Crippen molar-refractivity contribution in [3.05, 3.63) is 62.5 Å². The molecule has 1 aliphatic rings. The second-order valence-electron chi connectivity index (χ2n) is 6.15. The van der Waals surface area contributed by atoms with E-state index in [0.717, 1.165) is 40.9 Å². The van der Waals surface area contributed by atoms with Crippen LogP contribution in [0.2, 0.25) is 0 Å². The van der Waals surface area contributed by atoms with Crippen molar-refractivity contribution in [2.24, 2.45) is 0 Å². The minimum Gasteiger partial charge on any atom is -0.292 e. The number of fused-ring (bicyclic) bond motifs is 3. The molecule has 1 aromatic carbocycles. The monoisotopic (exact) mass is 324 g/mol. The van der Waals surface area contributed by atoms with Crippen LogP contribution in [-0.2, 0) is 25.8 Å². The van der Waals surface area contributed by atoms with E-state index in [1.807, 2.05) is 22.8 Å². The highest BCUT2D eigenvalue weighted by atomic mass is 32.1. The maximum Gasteiger partial charge on any atom is 0.262 e. The molecular formula is C19H20N2OS. The fourth-order valence-corrected chi connectivity index (χ4v) is 4.75. The lowest BCUT2D eigenvalue weighted by atomic mass is 9.97. The van der Waals surface area contributed by atoms with Crippen molar-refractivity contribution in [2.45, 2.75) is 45.6 Å². The Hall–Kier alpha value is -1.94. The molecule has 0 radical (unpaired) electrons. The highest BCUT2D eigenvalue weighted by Gasteiger charge is 2.21. The first kappa shape index (κ1) is 14.6. The third-order valence-corrected chi connectivity index (χ3v) is 5.84. The van der Waals surface area contributed by atoms with Gasteiger partial charge in [0.05, 0.1) is 11.9 Å². The summed E-state index contributed by atoms with van der Waals surface area (Å²) in [5.74, 6) is 0.893. The van der Waals surface area contributed by atoms with Crippen LogP contribution in [0.4, 0.5) is 0 Å². The molecule has 0 bridgehead atoms. The molecule has 1 aliphatic carbocycles. The molecule has 23 heavy (non-hydrogen) atoms. The number of nitrogens with zero attached hydrogens (tertiary/aromatic N) is 2. The minimum absolute atomic E-state index is 0.148. The molecule has 3 aromatic rings. The van der Waals surface area contributed by atoms with E-state index in [9.17, 15) is 4.79 Å². The zero-order valence-corrected chi connectivity index (χ0v) is 14.2. The van der Waals surface area contributed by atoms with Gasteiger partial charge in [-0.25, -0.2) is 4.98 Å². The first-order chi connectivity index (χ1) is 11.3. The zero-order chi connectivity index (χ0) is 15.8. The number of benzene rings is 1. The molecule has 0 N–H and O–H groups in total. The number of rotatable bonds is 3. The average Bonchev–Trinajstić information content (AvgIpc) is 2.96. The lowest BCUT2D eigenvalue weighted by Gasteiger charge is -2.13. The Morgan fingerprint density at radius 3 is 2.74 bits per heavy atom. The molecule has 0 amide bonds. The van der Waals surface area contributed by atoms with Gasteiger partial charge >= 0.3 is 0 Å². The summed E-state index contributed by atoms with van der Waals surface area (Å²) in [6, 6.07) is 10.2. The van der Waals surface area contributed by atoms with Crippen molar-refractivity contribution < 1.29 is 0 Å². The number of hydrogen-bond donors (Lipinski definition) is 0. The van der Waals surface area contributed by atoms with Crippen LogP contribution in [0.3, 0.4) is 0 Å². The van der Waals surface area contributed by atoms with E-state index >= 15 is 0 Å². The van der Waals surface area contributed by atoms with Gasteiger partial charge in [-0.3, -0.25) is 9.36 Å². The summed E-state index contributed by atoms with van der Waals surface area (Å²) in [5, 5.41) is 0.887. The molecule has 0 unspecified atom stereocenters. The van der Waals surface area contributed by atoms with Crippen molar-refractivity contribution in [2.75, 3.05) is 0 Å². The van der Waals surface area contributed by atoms with Gasteiger partial charge in [-0.15, -0.1) is 11.3 Å². The first-order valence-corrected chi connectivity index (χ1v) is 9.17. The van der Waals surface area contributed by atoms with Gasteiger partial charge in [0.25, 0.3) is 5.56 Å². The average molecular weight is 324 g/mol. The van der Waals surface area contributed by atoms with Crippen molar-refractivity contribution in [3.63, 3.8) is 0 Å². The van der Waals surface area contributed by atoms with Crippen LogP contribution in [0, 0.1) is 0 Å². The van der Waals surface area contributed by atoms with E-state index < -0.39 is 0 Å². The van der Waals surface area contributed by atoms with Crippen molar-refractivity contribution in [3.8, 4) is 0 Å². The van der Waals surface area contributed by atoms with E-state index in [1.165, 1.54) is 23.3 Å². The molecule has 118 valence electrons. The second-order valence-corrected chi connectivity index (χ2v) is 7.23. The van der Waals surface area contributed by atoms with Crippen LogP contribution in [0.15, 0.2) is 35.1 Å². The lowest BCUT2D eigenvalue weighted by Crippen LogP contribution is -2.26. The molecule has 0 atom stereocenters. The summed E-state index contributed by atoms with van der Waals surface area (Å²) in [4.78, 5) is 20.3. The van der Waals surface area contributed by atoms with Crippen LogP contribution in [0.25, 0.3) is 10.2 Å². The third kappa shape index (κ3) is 2.51. The summed E-state index contributed by atoms with van der Waals surface area (Å²) in [7, 11) is 0. The number of aryl methyl sites for hydroxylation is 3. The van der Waals surface area contributed by atoms with Gasteiger partial charge in [0.1, 0.15) is 10.7 Å². The minimum atomic E-state index is 0.148. The molecule has 0 aliphatic heterocycles. The number of thiophene rings is 1. The number of hydrogen-bond acceptors (Lipinski definition) is 3. The summed E-state index contributed by atoms with van der Waals surface area (Å²) < 4.78 is 1.87. The van der Waals surface area contributed by atoms with Crippen molar-refractivity contribution in [1.29, 1.82) is 0 Å². The summed E-state index contributed by atoms with van der Waals surface area (Å²) in [5.41, 5.74) is 2.57. The Labute approximate surface area is 139 Å². The molecule has 2 aromatic heterocycles. The van der Waals surface area contributed by atoms with Gasteiger partial charge in [0, 0.05) is 11.3 Å². The first-order valence-electron chi connectivity index (χ1n) is 8.36. The standard InChI is InChI=1S/C19H20N2OS/c1-2-16-20-18-17(14-10-6-7-11-15(14)23-18)19(22)21(16)12-13-8-4-3-5-9-13/h3-5,8-9H,2,6-7,10-12H2,1H3. The predicted octanol–water partition coefficient (Wildman–Crippen LogP) is 3.95.